The van der Waals surface area contributed by atoms with Crippen LogP contribution in [0.15, 0.2) is 53.6 Å². The third-order valence-corrected chi connectivity index (χ3v) is 6.72. The van der Waals surface area contributed by atoms with Gasteiger partial charge in [-0.15, -0.1) is 6.42 Å². The number of hydrogen-bond donors (Lipinski definition) is 1. The molecule has 1 N–H and O–H groups in total. The highest BCUT2D eigenvalue weighted by Gasteiger charge is 2.20. The predicted octanol–water partition coefficient (Wildman–Crippen LogP) is 5.47. The van der Waals surface area contributed by atoms with Gasteiger partial charge in [0.15, 0.2) is 11.2 Å². The maximum Gasteiger partial charge on any atom is 0.488 e. The van der Waals surface area contributed by atoms with E-state index >= 15 is 0 Å². The van der Waals surface area contributed by atoms with E-state index in [0.717, 1.165) is 29.9 Å². The first-order chi connectivity index (χ1) is 18.2. The average molecular weight is 534 g/mol. The molecule has 0 bridgehead atoms. The molecule has 0 unspecified atom stereocenters. The Morgan fingerprint density at radius 1 is 1.13 bits per heavy atom. The Balaban J connectivity index is 1.85. The lowest BCUT2D eigenvalue weighted by Crippen LogP contribution is -2.12. The Bertz CT molecular complexity index is 1920. The van der Waals surface area contributed by atoms with Gasteiger partial charge >= 0.3 is 10.5 Å². The molecule has 2 aromatic carbocycles. The van der Waals surface area contributed by atoms with Gasteiger partial charge < -0.3 is 18.5 Å². The first kappa shape index (κ1) is 25.3. The fourth-order valence-corrected chi connectivity index (χ4v) is 5.03. The zero-order valence-corrected chi connectivity index (χ0v) is 21.6. The minimum atomic E-state index is -5.23. The molecule has 8 nitrogen and oxygen atoms in total. The minimum absolute atomic E-state index is 0.159. The van der Waals surface area contributed by atoms with Crippen molar-refractivity contribution in [2.75, 3.05) is 6.61 Å². The maximum absolute atomic E-state index is 13.9. The Morgan fingerprint density at radius 3 is 2.66 bits per heavy atom. The number of pyridine rings is 2. The average Bonchev–Trinajstić information content (AvgIpc) is 3.26. The van der Waals surface area contributed by atoms with Crippen molar-refractivity contribution in [3.63, 3.8) is 0 Å². The van der Waals surface area contributed by atoms with Gasteiger partial charge in [-0.1, -0.05) is 29.2 Å². The number of ether oxygens (including phenoxy) is 1. The molecular formula is C28H24FN3O5S. The molecule has 5 rings (SSSR count). The van der Waals surface area contributed by atoms with Gasteiger partial charge in [0.05, 0.1) is 29.1 Å². The summed E-state index contributed by atoms with van der Waals surface area (Å²) in [7, 11) is -5.23. The summed E-state index contributed by atoms with van der Waals surface area (Å²) < 4.78 is 47.5. The molecule has 3 aromatic heterocycles. The van der Waals surface area contributed by atoms with Crippen molar-refractivity contribution in [2.45, 2.75) is 33.2 Å². The summed E-state index contributed by atoms with van der Waals surface area (Å²) in [6.07, 6.45) is 9.96. The first-order valence-electron chi connectivity index (χ1n) is 12.1. The summed E-state index contributed by atoms with van der Waals surface area (Å²) in [4.78, 5) is 21.3. The van der Waals surface area contributed by atoms with Crippen LogP contribution in [0.3, 0.4) is 0 Å². The summed E-state index contributed by atoms with van der Waals surface area (Å²) >= 11 is 0. The lowest BCUT2D eigenvalue weighted by Gasteiger charge is -2.17. The molecule has 3 heterocycles. The molecule has 0 spiro atoms. The molecule has 0 saturated carbocycles. The second-order valence-electron chi connectivity index (χ2n) is 8.77. The second kappa shape index (κ2) is 9.84. The molecule has 0 aliphatic carbocycles. The maximum atomic E-state index is 13.9. The number of fused-ring (bicyclic) bond motifs is 4. The molecule has 0 amide bonds. The molecular weight excluding hydrogens is 509 g/mol. The number of rotatable bonds is 8. The van der Waals surface area contributed by atoms with Crippen LogP contribution in [0.25, 0.3) is 44.0 Å². The number of halogens is 1. The fraction of sp³-hybridized carbons (Fsp3) is 0.214. The Kier molecular flexibility index (Phi) is 6.55. The van der Waals surface area contributed by atoms with Crippen LogP contribution in [0.5, 0.6) is 11.5 Å². The van der Waals surface area contributed by atoms with E-state index in [1.54, 1.807) is 12.1 Å². The van der Waals surface area contributed by atoms with Crippen molar-refractivity contribution in [3.05, 3.63) is 64.6 Å². The van der Waals surface area contributed by atoms with Gasteiger partial charge in [-0.3, -0.25) is 9.78 Å². The summed E-state index contributed by atoms with van der Waals surface area (Å²) in [5.41, 5.74) is 3.61. The summed E-state index contributed by atoms with van der Waals surface area (Å²) in [6.45, 7) is 4.84. The molecule has 0 saturated heterocycles. The number of nitrogens with zero attached hydrogens (tertiary/aromatic N) is 2. The summed E-state index contributed by atoms with van der Waals surface area (Å²) in [6, 6.07) is 10.4. The van der Waals surface area contributed by atoms with Gasteiger partial charge in [-0.2, -0.15) is 8.42 Å². The van der Waals surface area contributed by atoms with Crippen molar-refractivity contribution in [1.29, 1.82) is 0 Å². The Morgan fingerprint density at radius 2 is 1.95 bits per heavy atom. The second-order valence-corrected chi connectivity index (χ2v) is 9.72. The van der Waals surface area contributed by atoms with Gasteiger partial charge in [-0.25, -0.2) is 0 Å². The fourth-order valence-electron chi connectivity index (χ4n) is 4.71. The summed E-state index contributed by atoms with van der Waals surface area (Å²) in [5.74, 6) is 2.74. The largest absolute Gasteiger partial charge is 0.493 e. The van der Waals surface area contributed by atoms with E-state index in [1.165, 1.54) is 12.3 Å². The number of aromatic amines is 1. The first-order valence-corrected chi connectivity index (χ1v) is 13.4. The number of aromatic nitrogens is 3. The Hall–Kier alpha value is -4.36. The van der Waals surface area contributed by atoms with Crippen LogP contribution in [0.2, 0.25) is 0 Å². The topological polar surface area (TPSA) is 103 Å². The monoisotopic (exact) mass is 533 g/mol. The highest BCUT2D eigenvalue weighted by Crippen LogP contribution is 2.37. The van der Waals surface area contributed by atoms with Crippen molar-refractivity contribution in [1.82, 2.24) is 14.5 Å². The van der Waals surface area contributed by atoms with Crippen LogP contribution < -0.4 is 14.3 Å². The van der Waals surface area contributed by atoms with Crippen LogP contribution in [-0.4, -0.2) is 29.6 Å². The standard InChI is InChI=1S/C28H24FN3O5S/c1-4-7-10-32-24-13-21(18-12-19(16-30-15-18)37-38(29,34)35)25(36-6-3)14-22(24)27(33)26-20-9-8-17(5-2)11-23(20)31-28(26)32/h2,8-9,11-16,31H,4,6-7,10H2,1,3H3. The van der Waals surface area contributed by atoms with E-state index in [2.05, 4.69) is 31.6 Å². The van der Waals surface area contributed by atoms with Crippen LogP contribution in [0.1, 0.15) is 32.3 Å². The smallest absolute Gasteiger partial charge is 0.488 e. The van der Waals surface area contributed by atoms with E-state index in [4.69, 9.17) is 11.2 Å². The molecule has 0 aliphatic heterocycles. The number of benzene rings is 2. The van der Waals surface area contributed by atoms with E-state index in [9.17, 15) is 17.1 Å². The molecule has 0 atom stereocenters. The van der Waals surface area contributed by atoms with Gasteiger partial charge in [-0.05, 0) is 43.7 Å². The number of terminal acetylenes is 1. The van der Waals surface area contributed by atoms with Gasteiger partial charge in [0.25, 0.3) is 0 Å². The van der Waals surface area contributed by atoms with Crippen molar-refractivity contribution in [3.8, 4) is 35.0 Å². The predicted molar refractivity (Wildman–Crippen MR) is 145 cm³/mol. The van der Waals surface area contributed by atoms with Crippen LogP contribution >= 0.6 is 0 Å². The minimum Gasteiger partial charge on any atom is -0.493 e. The zero-order valence-electron chi connectivity index (χ0n) is 20.7. The number of H-pyrrole nitrogens is 1. The van der Waals surface area contributed by atoms with Crippen LogP contribution in [-0.2, 0) is 17.0 Å². The van der Waals surface area contributed by atoms with Crippen molar-refractivity contribution >= 4 is 43.3 Å². The molecule has 38 heavy (non-hydrogen) atoms. The van der Waals surface area contributed by atoms with Crippen LogP contribution in [0.4, 0.5) is 3.89 Å². The van der Waals surface area contributed by atoms with Gasteiger partial charge in [0, 0.05) is 40.3 Å². The van der Waals surface area contributed by atoms with Gasteiger partial charge in [0.1, 0.15) is 11.4 Å². The summed E-state index contributed by atoms with van der Waals surface area (Å²) in [5, 5.41) is 1.81. The lowest BCUT2D eigenvalue weighted by molar-refractivity contribution is 0.342. The van der Waals surface area contributed by atoms with Crippen molar-refractivity contribution < 1.29 is 21.2 Å². The van der Waals surface area contributed by atoms with E-state index in [1.807, 2.05) is 25.1 Å². The molecule has 194 valence electrons. The number of hydrogen-bond acceptors (Lipinski definition) is 6. The zero-order chi connectivity index (χ0) is 27.0. The number of unbranched alkanes of at least 4 members (excludes halogenated alkanes) is 1. The third kappa shape index (κ3) is 4.57. The van der Waals surface area contributed by atoms with Crippen LogP contribution in [0, 0.1) is 12.3 Å². The lowest BCUT2D eigenvalue weighted by atomic mass is 10.0. The van der Waals surface area contributed by atoms with Crippen molar-refractivity contribution in [2.24, 2.45) is 0 Å². The SMILES string of the molecule is C#Cc1ccc2c(c1)[nH]c1c2c(=O)c2cc(OCC)c(-c3cncc(OS(=O)(=O)F)c3)cc2n1CCCC. The third-order valence-electron chi connectivity index (χ3n) is 6.33. The highest BCUT2D eigenvalue weighted by molar-refractivity contribution is 7.81. The molecule has 0 fully saturated rings. The molecule has 10 heteroatoms. The highest BCUT2D eigenvalue weighted by atomic mass is 32.3. The van der Waals surface area contributed by atoms with E-state index in [0.29, 0.717) is 57.5 Å². The van der Waals surface area contributed by atoms with E-state index in [-0.39, 0.29) is 11.2 Å². The Labute approximate surface area is 218 Å². The molecule has 5 aromatic rings. The molecule has 0 aliphatic rings. The molecule has 0 radical (unpaired) electrons. The quantitative estimate of drug-likeness (QED) is 0.210. The van der Waals surface area contributed by atoms with E-state index < -0.39 is 10.5 Å². The van der Waals surface area contributed by atoms with Gasteiger partial charge in [0.2, 0.25) is 0 Å². The number of aryl methyl sites for hydroxylation is 1. The normalized spacial score (nSPS) is 11.7. The number of nitrogens with one attached hydrogen (secondary N) is 1.